The average molecular weight is 494 g/mol. The van der Waals surface area contributed by atoms with Gasteiger partial charge in [-0.1, -0.05) is 26.2 Å². The van der Waals surface area contributed by atoms with Crippen molar-refractivity contribution in [1.82, 2.24) is 20.5 Å². The molecule has 2 N–H and O–H groups in total. The molecule has 0 amide bonds. The van der Waals surface area contributed by atoms with Crippen LogP contribution in [-0.4, -0.2) is 56.1 Å². The molecule has 0 aliphatic heterocycles. The predicted octanol–water partition coefficient (Wildman–Crippen LogP) is 3.54. The van der Waals surface area contributed by atoms with E-state index >= 15 is 0 Å². The molecule has 0 aromatic carbocycles. The van der Waals surface area contributed by atoms with E-state index in [4.69, 9.17) is 0 Å². The Morgan fingerprint density at radius 3 is 2.62 bits per heavy atom. The van der Waals surface area contributed by atoms with Crippen molar-refractivity contribution < 1.29 is 0 Å². The van der Waals surface area contributed by atoms with E-state index in [0.717, 1.165) is 37.8 Å². The zero-order valence-corrected chi connectivity index (χ0v) is 19.9. The molecular formula is C19H36IN5S. The Morgan fingerprint density at radius 2 is 2.04 bits per heavy atom. The summed E-state index contributed by atoms with van der Waals surface area (Å²) in [5.41, 5.74) is 0. The van der Waals surface area contributed by atoms with Crippen LogP contribution < -0.4 is 10.6 Å². The molecule has 26 heavy (non-hydrogen) atoms. The Labute approximate surface area is 180 Å². The van der Waals surface area contributed by atoms with E-state index in [0.29, 0.717) is 6.04 Å². The number of aromatic nitrogens is 1. The van der Waals surface area contributed by atoms with Crippen molar-refractivity contribution in [3.8, 4) is 0 Å². The lowest BCUT2D eigenvalue weighted by molar-refractivity contribution is 0.171. The number of aliphatic imine (C=N–C) groups is 1. The van der Waals surface area contributed by atoms with E-state index < -0.39 is 0 Å². The Kier molecular flexibility index (Phi) is 11.7. The highest BCUT2D eigenvalue weighted by Gasteiger charge is 2.25. The SMILES string of the molecule is CCc1cnc(CCNC(=NC)NCC(C2CCCCC2)N(C)C)s1.I. The minimum atomic E-state index is 0. The number of likely N-dealkylation sites (N-methyl/N-ethyl adjacent to an activating group) is 1. The van der Waals surface area contributed by atoms with Crippen molar-refractivity contribution in [2.75, 3.05) is 34.2 Å². The van der Waals surface area contributed by atoms with Gasteiger partial charge < -0.3 is 15.5 Å². The van der Waals surface area contributed by atoms with Crippen LogP contribution in [-0.2, 0) is 12.8 Å². The van der Waals surface area contributed by atoms with Gasteiger partial charge in [-0.2, -0.15) is 0 Å². The van der Waals surface area contributed by atoms with Crippen LogP contribution in [0.2, 0.25) is 0 Å². The zero-order valence-electron chi connectivity index (χ0n) is 16.8. The topological polar surface area (TPSA) is 52.6 Å². The summed E-state index contributed by atoms with van der Waals surface area (Å²) in [6, 6.07) is 0.574. The summed E-state index contributed by atoms with van der Waals surface area (Å²) in [5.74, 6) is 1.70. The van der Waals surface area contributed by atoms with Crippen molar-refractivity contribution >= 4 is 41.3 Å². The second kappa shape index (κ2) is 12.9. The smallest absolute Gasteiger partial charge is 0.191 e. The van der Waals surface area contributed by atoms with Crippen molar-refractivity contribution in [2.45, 2.75) is 57.9 Å². The summed E-state index contributed by atoms with van der Waals surface area (Å²) in [5, 5.41) is 8.16. The molecule has 1 fully saturated rings. The highest BCUT2D eigenvalue weighted by Crippen LogP contribution is 2.28. The van der Waals surface area contributed by atoms with Crippen LogP contribution >= 0.6 is 35.3 Å². The van der Waals surface area contributed by atoms with Crippen LogP contribution in [0.4, 0.5) is 0 Å². The van der Waals surface area contributed by atoms with Gasteiger partial charge in [-0.15, -0.1) is 35.3 Å². The summed E-state index contributed by atoms with van der Waals surface area (Å²) in [6.45, 7) is 4.00. The summed E-state index contributed by atoms with van der Waals surface area (Å²) in [7, 11) is 6.25. The van der Waals surface area contributed by atoms with Gasteiger partial charge in [-0.3, -0.25) is 4.99 Å². The lowest BCUT2D eigenvalue weighted by Gasteiger charge is -2.35. The van der Waals surface area contributed by atoms with E-state index in [9.17, 15) is 0 Å². The van der Waals surface area contributed by atoms with Gasteiger partial charge in [0.2, 0.25) is 0 Å². The number of halogens is 1. The second-order valence-corrected chi connectivity index (χ2v) is 8.33. The molecule has 1 aromatic rings. The fourth-order valence-corrected chi connectivity index (χ4v) is 4.49. The molecule has 0 spiro atoms. The van der Waals surface area contributed by atoms with Gasteiger partial charge in [0.05, 0.1) is 5.01 Å². The molecular weight excluding hydrogens is 457 g/mol. The van der Waals surface area contributed by atoms with Crippen LogP contribution in [0.1, 0.15) is 48.9 Å². The number of hydrogen-bond donors (Lipinski definition) is 2. The van der Waals surface area contributed by atoms with Crippen molar-refractivity contribution in [3.05, 3.63) is 16.1 Å². The van der Waals surface area contributed by atoms with Crippen LogP contribution in [0.5, 0.6) is 0 Å². The standard InChI is InChI=1S/C19H35N5S.HI/c1-5-16-13-22-18(25-16)11-12-21-19(20-2)23-14-17(24(3)4)15-9-7-6-8-10-15;/h13,15,17H,5-12,14H2,1-4H3,(H2,20,21,23);1H. The highest BCUT2D eigenvalue weighted by atomic mass is 127. The molecule has 150 valence electrons. The normalized spacial score (nSPS) is 17.0. The first-order chi connectivity index (χ1) is 12.1. The number of rotatable bonds is 8. The van der Waals surface area contributed by atoms with Gasteiger partial charge in [0, 0.05) is 43.7 Å². The number of nitrogens with zero attached hydrogens (tertiary/aromatic N) is 3. The molecule has 1 heterocycles. The molecule has 0 radical (unpaired) electrons. The first-order valence-electron chi connectivity index (χ1n) is 9.68. The van der Waals surface area contributed by atoms with Gasteiger partial charge in [-0.05, 0) is 39.3 Å². The van der Waals surface area contributed by atoms with Crippen LogP contribution in [0, 0.1) is 5.92 Å². The quantitative estimate of drug-likeness (QED) is 0.331. The summed E-state index contributed by atoms with van der Waals surface area (Å²) in [6.07, 6.45) is 10.9. The Morgan fingerprint density at radius 1 is 1.31 bits per heavy atom. The van der Waals surface area contributed by atoms with E-state index in [-0.39, 0.29) is 24.0 Å². The molecule has 7 heteroatoms. The molecule has 1 aliphatic carbocycles. The zero-order chi connectivity index (χ0) is 18.1. The minimum Gasteiger partial charge on any atom is -0.356 e. The highest BCUT2D eigenvalue weighted by molar-refractivity contribution is 14.0. The van der Waals surface area contributed by atoms with Gasteiger partial charge in [0.25, 0.3) is 0 Å². The molecule has 5 nitrogen and oxygen atoms in total. The molecule has 1 saturated carbocycles. The van der Waals surface area contributed by atoms with Crippen LogP contribution in [0.15, 0.2) is 11.2 Å². The third kappa shape index (κ3) is 7.68. The van der Waals surface area contributed by atoms with E-state index in [1.165, 1.54) is 42.0 Å². The minimum absolute atomic E-state index is 0. The van der Waals surface area contributed by atoms with Crippen LogP contribution in [0.25, 0.3) is 0 Å². The first-order valence-corrected chi connectivity index (χ1v) is 10.5. The fourth-order valence-electron chi connectivity index (χ4n) is 3.63. The lowest BCUT2D eigenvalue weighted by Crippen LogP contribution is -2.48. The third-order valence-electron chi connectivity index (χ3n) is 5.14. The monoisotopic (exact) mass is 493 g/mol. The van der Waals surface area contributed by atoms with Crippen molar-refractivity contribution in [2.24, 2.45) is 10.9 Å². The summed E-state index contributed by atoms with van der Waals surface area (Å²) >= 11 is 1.82. The Balaban J connectivity index is 0.00000338. The second-order valence-electron chi connectivity index (χ2n) is 7.13. The first kappa shape index (κ1) is 23.6. The number of thiazole rings is 1. The van der Waals surface area contributed by atoms with E-state index in [2.05, 4.69) is 46.5 Å². The molecule has 2 rings (SSSR count). The molecule has 0 saturated heterocycles. The maximum Gasteiger partial charge on any atom is 0.191 e. The fraction of sp³-hybridized carbons (Fsp3) is 0.789. The largest absolute Gasteiger partial charge is 0.356 e. The summed E-state index contributed by atoms with van der Waals surface area (Å²) in [4.78, 5) is 12.6. The molecule has 1 aliphatic rings. The van der Waals surface area contributed by atoms with E-state index in [1.54, 1.807) is 0 Å². The third-order valence-corrected chi connectivity index (χ3v) is 6.34. The van der Waals surface area contributed by atoms with Crippen molar-refractivity contribution in [3.63, 3.8) is 0 Å². The molecule has 0 bridgehead atoms. The van der Waals surface area contributed by atoms with E-state index in [1.807, 2.05) is 24.6 Å². The number of hydrogen-bond acceptors (Lipinski definition) is 4. The summed E-state index contributed by atoms with van der Waals surface area (Å²) < 4.78 is 0. The van der Waals surface area contributed by atoms with Gasteiger partial charge in [0.1, 0.15) is 0 Å². The molecule has 1 atom stereocenters. The Hall–Kier alpha value is -0.410. The number of nitrogens with one attached hydrogen (secondary N) is 2. The van der Waals surface area contributed by atoms with Gasteiger partial charge in [0.15, 0.2) is 5.96 Å². The number of aryl methyl sites for hydroxylation is 1. The number of guanidine groups is 1. The lowest BCUT2D eigenvalue weighted by atomic mass is 9.83. The Bertz CT molecular complexity index is 526. The molecule has 1 unspecified atom stereocenters. The maximum atomic E-state index is 4.48. The predicted molar refractivity (Wildman–Crippen MR) is 124 cm³/mol. The van der Waals surface area contributed by atoms with Gasteiger partial charge >= 0.3 is 0 Å². The van der Waals surface area contributed by atoms with Crippen LogP contribution in [0.3, 0.4) is 0 Å². The van der Waals surface area contributed by atoms with Crippen molar-refractivity contribution in [1.29, 1.82) is 0 Å². The molecule has 1 aromatic heterocycles. The maximum absolute atomic E-state index is 4.48. The average Bonchev–Trinajstić information content (AvgIpc) is 3.09. The van der Waals surface area contributed by atoms with Gasteiger partial charge in [-0.25, -0.2) is 4.98 Å².